The van der Waals surface area contributed by atoms with Gasteiger partial charge in [-0.05, 0) is 52.4 Å². The lowest BCUT2D eigenvalue weighted by atomic mass is 9.75. The maximum atomic E-state index is 3.78. The van der Waals surface area contributed by atoms with E-state index in [4.69, 9.17) is 0 Å². The minimum atomic E-state index is 0.547. The fraction of sp³-hybridized carbons (Fsp3) is 1.00. The van der Waals surface area contributed by atoms with Crippen LogP contribution in [0.15, 0.2) is 0 Å². The Kier molecular flexibility index (Phi) is 6.13. The van der Waals surface area contributed by atoms with Crippen molar-refractivity contribution in [3.05, 3.63) is 0 Å². The molecule has 1 atom stereocenters. The molecule has 0 radical (unpaired) electrons. The summed E-state index contributed by atoms with van der Waals surface area (Å²) in [6.07, 6.45) is 5.50. The Labute approximate surface area is 115 Å². The summed E-state index contributed by atoms with van der Waals surface area (Å²) in [5.41, 5.74) is 0.547. The predicted molar refractivity (Wildman–Crippen MR) is 81.0 cm³/mol. The van der Waals surface area contributed by atoms with Crippen LogP contribution in [0.5, 0.6) is 0 Å². The molecule has 0 heterocycles. The highest BCUT2D eigenvalue weighted by Gasteiger charge is 2.27. The Balaban J connectivity index is 2.28. The van der Waals surface area contributed by atoms with Gasteiger partial charge in [-0.1, -0.05) is 20.3 Å². The molecule has 1 N–H and O–H groups in total. The molecule has 1 fully saturated rings. The SMILES string of the molecule is CC(C)N(CCNC1CCCC(C)(C)C1)C(C)C. The molecule has 1 rings (SSSR count). The zero-order valence-corrected chi connectivity index (χ0v) is 13.4. The molecule has 1 unspecified atom stereocenters. The average Bonchev–Trinajstić information content (AvgIpc) is 2.21. The first-order valence-corrected chi connectivity index (χ1v) is 7.81. The minimum Gasteiger partial charge on any atom is -0.313 e. The van der Waals surface area contributed by atoms with Crippen LogP contribution in [-0.2, 0) is 0 Å². The maximum Gasteiger partial charge on any atom is 0.0112 e. The monoisotopic (exact) mass is 254 g/mol. The summed E-state index contributed by atoms with van der Waals surface area (Å²) < 4.78 is 0. The second-order valence-corrected chi connectivity index (χ2v) is 7.34. The van der Waals surface area contributed by atoms with Gasteiger partial charge in [-0.3, -0.25) is 4.90 Å². The Morgan fingerprint density at radius 3 is 2.28 bits per heavy atom. The van der Waals surface area contributed by atoms with Crippen LogP contribution in [0.4, 0.5) is 0 Å². The topological polar surface area (TPSA) is 15.3 Å². The van der Waals surface area contributed by atoms with E-state index in [1.54, 1.807) is 0 Å². The van der Waals surface area contributed by atoms with Gasteiger partial charge in [0.2, 0.25) is 0 Å². The lowest BCUT2D eigenvalue weighted by molar-refractivity contribution is 0.160. The first-order chi connectivity index (χ1) is 8.32. The Morgan fingerprint density at radius 2 is 1.78 bits per heavy atom. The van der Waals surface area contributed by atoms with Crippen LogP contribution in [0.1, 0.15) is 67.2 Å². The van der Waals surface area contributed by atoms with Gasteiger partial charge in [0, 0.05) is 31.2 Å². The molecule has 0 aromatic carbocycles. The van der Waals surface area contributed by atoms with E-state index in [1.165, 1.54) is 32.2 Å². The van der Waals surface area contributed by atoms with Crippen molar-refractivity contribution in [2.75, 3.05) is 13.1 Å². The van der Waals surface area contributed by atoms with Gasteiger partial charge >= 0.3 is 0 Å². The minimum absolute atomic E-state index is 0.547. The van der Waals surface area contributed by atoms with Gasteiger partial charge < -0.3 is 5.32 Å². The predicted octanol–water partition coefficient (Wildman–Crippen LogP) is 3.66. The Morgan fingerprint density at radius 1 is 1.17 bits per heavy atom. The molecule has 0 saturated heterocycles. The summed E-state index contributed by atoms with van der Waals surface area (Å²) in [5.74, 6) is 0. The van der Waals surface area contributed by atoms with E-state index in [2.05, 4.69) is 51.8 Å². The van der Waals surface area contributed by atoms with E-state index >= 15 is 0 Å². The normalized spacial score (nSPS) is 24.2. The van der Waals surface area contributed by atoms with Gasteiger partial charge in [-0.15, -0.1) is 0 Å². The summed E-state index contributed by atoms with van der Waals surface area (Å²) in [7, 11) is 0. The van der Waals surface area contributed by atoms with Gasteiger partial charge in [-0.25, -0.2) is 0 Å². The molecule has 1 aliphatic carbocycles. The lowest BCUT2D eigenvalue weighted by Crippen LogP contribution is -2.45. The van der Waals surface area contributed by atoms with E-state index in [-0.39, 0.29) is 0 Å². The summed E-state index contributed by atoms with van der Waals surface area (Å²) in [6.45, 7) is 16.3. The summed E-state index contributed by atoms with van der Waals surface area (Å²) in [5, 5.41) is 3.78. The number of nitrogens with one attached hydrogen (secondary N) is 1. The molecule has 0 spiro atoms. The van der Waals surface area contributed by atoms with Crippen LogP contribution in [0.25, 0.3) is 0 Å². The standard InChI is InChI=1S/C16H34N2/c1-13(2)18(14(3)4)11-10-17-15-8-7-9-16(5,6)12-15/h13-15,17H,7-12H2,1-6H3. The van der Waals surface area contributed by atoms with Crippen molar-refractivity contribution < 1.29 is 0 Å². The third kappa shape index (κ3) is 5.27. The van der Waals surface area contributed by atoms with Crippen molar-refractivity contribution >= 4 is 0 Å². The Hall–Kier alpha value is -0.0800. The van der Waals surface area contributed by atoms with E-state index in [0.717, 1.165) is 12.6 Å². The third-order valence-corrected chi connectivity index (χ3v) is 4.33. The highest BCUT2D eigenvalue weighted by molar-refractivity contribution is 4.83. The number of rotatable bonds is 6. The summed E-state index contributed by atoms with van der Waals surface area (Å²) in [4.78, 5) is 2.57. The molecule has 0 amide bonds. The zero-order valence-electron chi connectivity index (χ0n) is 13.4. The molecular formula is C16H34N2. The lowest BCUT2D eigenvalue weighted by Gasteiger charge is -2.37. The molecule has 0 aliphatic heterocycles. The second-order valence-electron chi connectivity index (χ2n) is 7.34. The molecular weight excluding hydrogens is 220 g/mol. The van der Waals surface area contributed by atoms with Gasteiger partial charge in [0.25, 0.3) is 0 Å². The molecule has 0 aromatic heterocycles. The Bertz CT molecular complexity index is 225. The number of hydrogen-bond acceptors (Lipinski definition) is 2. The largest absolute Gasteiger partial charge is 0.313 e. The third-order valence-electron chi connectivity index (χ3n) is 4.33. The fourth-order valence-electron chi connectivity index (χ4n) is 3.38. The number of nitrogens with zero attached hydrogens (tertiary/aromatic N) is 1. The van der Waals surface area contributed by atoms with Gasteiger partial charge in [0.1, 0.15) is 0 Å². The smallest absolute Gasteiger partial charge is 0.0112 e. The summed E-state index contributed by atoms with van der Waals surface area (Å²) >= 11 is 0. The van der Waals surface area contributed by atoms with Crippen LogP contribution < -0.4 is 5.32 Å². The van der Waals surface area contributed by atoms with Gasteiger partial charge in [0.05, 0.1) is 0 Å². The molecule has 18 heavy (non-hydrogen) atoms. The first kappa shape index (κ1) is 16.0. The van der Waals surface area contributed by atoms with E-state index < -0.39 is 0 Å². The first-order valence-electron chi connectivity index (χ1n) is 7.81. The van der Waals surface area contributed by atoms with Gasteiger partial charge in [0.15, 0.2) is 0 Å². The maximum absolute atomic E-state index is 3.78. The van der Waals surface area contributed by atoms with E-state index in [0.29, 0.717) is 17.5 Å². The van der Waals surface area contributed by atoms with Crippen molar-refractivity contribution in [1.29, 1.82) is 0 Å². The highest BCUT2D eigenvalue weighted by Crippen LogP contribution is 2.34. The quantitative estimate of drug-likeness (QED) is 0.778. The molecule has 1 saturated carbocycles. The average molecular weight is 254 g/mol. The van der Waals surface area contributed by atoms with Crippen molar-refractivity contribution in [2.45, 2.75) is 85.4 Å². The molecule has 2 heteroatoms. The van der Waals surface area contributed by atoms with Crippen LogP contribution in [0.2, 0.25) is 0 Å². The van der Waals surface area contributed by atoms with Crippen LogP contribution >= 0.6 is 0 Å². The summed E-state index contributed by atoms with van der Waals surface area (Å²) in [6, 6.07) is 2.04. The van der Waals surface area contributed by atoms with Crippen molar-refractivity contribution in [3.63, 3.8) is 0 Å². The van der Waals surface area contributed by atoms with Crippen LogP contribution in [0.3, 0.4) is 0 Å². The fourth-order valence-corrected chi connectivity index (χ4v) is 3.38. The van der Waals surface area contributed by atoms with E-state index in [1.807, 2.05) is 0 Å². The number of hydrogen-bond donors (Lipinski definition) is 1. The van der Waals surface area contributed by atoms with Crippen LogP contribution in [0, 0.1) is 5.41 Å². The van der Waals surface area contributed by atoms with Crippen molar-refractivity contribution in [1.82, 2.24) is 10.2 Å². The van der Waals surface area contributed by atoms with Crippen molar-refractivity contribution in [3.8, 4) is 0 Å². The zero-order chi connectivity index (χ0) is 13.8. The highest BCUT2D eigenvalue weighted by atomic mass is 15.2. The van der Waals surface area contributed by atoms with Crippen LogP contribution in [-0.4, -0.2) is 36.1 Å². The van der Waals surface area contributed by atoms with Crippen molar-refractivity contribution in [2.24, 2.45) is 5.41 Å². The van der Waals surface area contributed by atoms with E-state index in [9.17, 15) is 0 Å². The molecule has 0 bridgehead atoms. The molecule has 1 aliphatic rings. The molecule has 108 valence electrons. The van der Waals surface area contributed by atoms with Gasteiger partial charge in [-0.2, -0.15) is 0 Å². The molecule has 0 aromatic rings. The second kappa shape index (κ2) is 6.91. The molecule has 2 nitrogen and oxygen atoms in total.